The molecule has 10 heteroatoms. The van der Waals surface area contributed by atoms with Crippen LogP contribution in [0.1, 0.15) is 15.9 Å². The van der Waals surface area contributed by atoms with Gasteiger partial charge in [0.05, 0.1) is 10.5 Å². The van der Waals surface area contributed by atoms with Crippen molar-refractivity contribution in [3.8, 4) is 5.75 Å². The second-order valence-corrected chi connectivity index (χ2v) is 9.27. The normalized spacial score (nSPS) is 15.6. The number of halogens is 3. The van der Waals surface area contributed by atoms with Crippen LogP contribution in [0.3, 0.4) is 0 Å². The Bertz CT molecular complexity index is 1010. The topological polar surface area (TPSA) is 66.9 Å². The number of carbonyl (C=O) groups excluding carboxylic acids is 1. The van der Waals surface area contributed by atoms with Crippen LogP contribution in [0.15, 0.2) is 51.8 Å². The predicted molar refractivity (Wildman–Crippen MR) is 107 cm³/mol. The lowest BCUT2D eigenvalue weighted by atomic mass is 10.1. The number of amides is 1. The first-order chi connectivity index (χ1) is 13.7. The number of rotatable bonds is 5. The van der Waals surface area contributed by atoms with Gasteiger partial charge in [0.15, 0.2) is 0 Å². The monoisotopic (exact) mass is 488 g/mol. The SMILES string of the molecule is Cc1cc(S(=O)(=O)N2CCN(C(=O)c3ccccc3OC(F)F)CC2)ccc1Br. The number of para-hydroxylation sites is 1. The van der Waals surface area contributed by atoms with E-state index in [9.17, 15) is 22.0 Å². The number of alkyl halides is 2. The van der Waals surface area contributed by atoms with E-state index in [1.165, 1.54) is 33.5 Å². The highest BCUT2D eigenvalue weighted by atomic mass is 79.9. The Morgan fingerprint density at radius 3 is 2.38 bits per heavy atom. The van der Waals surface area contributed by atoms with Gasteiger partial charge in [-0.3, -0.25) is 4.79 Å². The third kappa shape index (κ3) is 4.76. The molecule has 2 aromatic carbocycles. The molecule has 1 saturated heterocycles. The summed E-state index contributed by atoms with van der Waals surface area (Å²) in [5.74, 6) is -0.675. The average Bonchev–Trinajstić information content (AvgIpc) is 2.69. The van der Waals surface area contributed by atoms with Crippen molar-refractivity contribution < 1.29 is 26.7 Å². The van der Waals surface area contributed by atoms with Gasteiger partial charge in [0.25, 0.3) is 5.91 Å². The molecule has 3 rings (SSSR count). The second kappa shape index (κ2) is 8.76. The fourth-order valence-corrected chi connectivity index (χ4v) is 4.83. The third-order valence-corrected chi connectivity index (χ3v) is 7.41. The molecule has 2 aromatic rings. The van der Waals surface area contributed by atoms with Crippen LogP contribution in [-0.4, -0.2) is 56.3 Å². The summed E-state index contributed by atoms with van der Waals surface area (Å²) in [7, 11) is -3.69. The quantitative estimate of drug-likeness (QED) is 0.645. The summed E-state index contributed by atoms with van der Waals surface area (Å²) in [4.78, 5) is 14.4. The number of piperazine rings is 1. The lowest BCUT2D eigenvalue weighted by Crippen LogP contribution is -2.50. The van der Waals surface area contributed by atoms with Crippen LogP contribution in [0.5, 0.6) is 5.75 Å². The van der Waals surface area contributed by atoms with E-state index in [0.29, 0.717) is 0 Å². The Kier molecular flexibility index (Phi) is 6.55. The van der Waals surface area contributed by atoms with Crippen LogP contribution in [0.4, 0.5) is 8.78 Å². The highest BCUT2D eigenvalue weighted by Crippen LogP contribution is 2.25. The minimum Gasteiger partial charge on any atom is -0.434 e. The molecule has 0 spiro atoms. The molecule has 6 nitrogen and oxygen atoms in total. The first-order valence-corrected chi connectivity index (χ1v) is 11.0. The molecular formula is C19H19BrF2N2O4S. The Morgan fingerprint density at radius 1 is 1.10 bits per heavy atom. The summed E-state index contributed by atoms with van der Waals surface area (Å²) in [5.41, 5.74) is 0.822. The lowest BCUT2D eigenvalue weighted by Gasteiger charge is -2.34. The van der Waals surface area contributed by atoms with Crippen molar-refractivity contribution in [3.05, 3.63) is 58.1 Å². The molecule has 0 atom stereocenters. The second-order valence-electron chi connectivity index (χ2n) is 6.48. The highest BCUT2D eigenvalue weighted by molar-refractivity contribution is 9.10. The first-order valence-electron chi connectivity index (χ1n) is 8.79. The van der Waals surface area contributed by atoms with Crippen LogP contribution in [0.2, 0.25) is 0 Å². The van der Waals surface area contributed by atoms with Crippen LogP contribution >= 0.6 is 15.9 Å². The summed E-state index contributed by atoms with van der Waals surface area (Å²) >= 11 is 3.35. The van der Waals surface area contributed by atoms with E-state index in [4.69, 9.17) is 0 Å². The van der Waals surface area contributed by atoms with E-state index in [1.807, 2.05) is 0 Å². The average molecular weight is 489 g/mol. The third-order valence-electron chi connectivity index (χ3n) is 4.63. The number of aryl methyl sites for hydroxylation is 1. The van der Waals surface area contributed by atoms with Gasteiger partial charge < -0.3 is 9.64 Å². The molecule has 0 aromatic heterocycles. The van der Waals surface area contributed by atoms with Gasteiger partial charge in [-0.15, -0.1) is 0 Å². The summed E-state index contributed by atoms with van der Waals surface area (Å²) in [6.45, 7) is -0.714. The number of benzene rings is 2. The zero-order valence-electron chi connectivity index (χ0n) is 15.5. The zero-order chi connectivity index (χ0) is 21.2. The van der Waals surface area contributed by atoms with Crippen molar-refractivity contribution >= 4 is 31.9 Å². The van der Waals surface area contributed by atoms with E-state index in [0.717, 1.165) is 10.0 Å². The van der Waals surface area contributed by atoms with Crippen molar-refractivity contribution in [2.24, 2.45) is 0 Å². The Labute approximate surface area is 176 Å². The fraction of sp³-hybridized carbons (Fsp3) is 0.316. The number of sulfonamides is 1. The number of hydrogen-bond donors (Lipinski definition) is 0. The van der Waals surface area contributed by atoms with E-state index >= 15 is 0 Å². The minimum absolute atomic E-state index is 0.0210. The van der Waals surface area contributed by atoms with Gasteiger partial charge in [-0.1, -0.05) is 28.1 Å². The smallest absolute Gasteiger partial charge is 0.387 e. The van der Waals surface area contributed by atoms with Crippen molar-refractivity contribution in [1.29, 1.82) is 0 Å². The molecule has 1 heterocycles. The lowest BCUT2D eigenvalue weighted by molar-refractivity contribution is -0.0503. The van der Waals surface area contributed by atoms with E-state index in [2.05, 4.69) is 20.7 Å². The van der Waals surface area contributed by atoms with Gasteiger partial charge in [-0.05, 0) is 42.8 Å². The van der Waals surface area contributed by atoms with Gasteiger partial charge in [-0.2, -0.15) is 13.1 Å². The molecule has 1 aliphatic heterocycles. The zero-order valence-corrected chi connectivity index (χ0v) is 17.9. The fourth-order valence-electron chi connectivity index (χ4n) is 3.07. The molecule has 0 aliphatic carbocycles. The maximum Gasteiger partial charge on any atom is 0.387 e. The van der Waals surface area contributed by atoms with Crippen molar-refractivity contribution in [2.75, 3.05) is 26.2 Å². The molecule has 29 heavy (non-hydrogen) atoms. The van der Waals surface area contributed by atoms with Crippen molar-refractivity contribution in [2.45, 2.75) is 18.4 Å². The molecule has 1 fully saturated rings. The maximum absolute atomic E-state index is 12.9. The summed E-state index contributed by atoms with van der Waals surface area (Å²) in [6.07, 6.45) is 0. The van der Waals surface area contributed by atoms with Gasteiger partial charge in [0.2, 0.25) is 10.0 Å². The Morgan fingerprint density at radius 2 is 1.76 bits per heavy atom. The number of nitrogens with zero attached hydrogens (tertiary/aromatic N) is 2. The van der Waals surface area contributed by atoms with Crippen LogP contribution in [0.25, 0.3) is 0 Å². The minimum atomic E-state index is -3.69. The van der Waals surface area contributed by atoms with Gasteiger partial charge in [0.1, 0.15) is 5.75 Å². The van der Waals surface area contributed by atoms with E-state index < -0.39 is 22.5 Å². The Balaban J connectivity index is 1.72. The van der Waals surface area contributed by atoms with Crippen molar-refractivity contribution in [3.63, 3.8) is 0 Å². The molecule has 0 N–H and O–H groups in total. The van der Waals surface area contributed by atoms with E-state index in [-0.39, 0.29) is 42.4 Å². The number of hydrogen-bond acceptors (Lipinski definition) is 4. The largest absolute Gasteiger partial charge is 0.434 e. The molecular weight excluding hydrogens is 470 g/mol. The molecule has 156 valence electrons. The van der Waals surface area contributed by atoms with Crippen LogP contribution in [0, 0.1) is 6.92 Å². The maximum atomic E-state index is 12.9. The molecule has 0 unspecified atom stereocenters. The first kappa shape index (κ1) is 21.7. The highest BCUT2D eigenvalue weighted by Gasteiger charge is 2.31. The predicted octanol–water partition coefficient (Wildman–Crippen LogP) is 3.51. The molecule has 0 bridgehead atoms. The number of carbonyl (C=O) groups is 1. The Hall–Kier alpha value is -2.04. The van der Waals surface area contributed by atoms with Gasteiger partial charge in [0, 0.05) is 30.7 Å². The van der Waals surface area contributed by atoms with Gasteiger partial charge in [-0.25, -0.2) is 8.42 Å². The molecule has 0 radical (unpaired) electrons. The molecule has 1 aliphatic rings. The summed E-state index contributed by atoms with van der Waals surface area (Å²) in [6, 6.07) is 10.6. The summed E-state index contributed by atoms with van der Waals surface area (Å²) in [5, 5.41) is 0. The van der Waals surface area contributed by atoms with Gasteiger partial charge >= 0.3 is 6.61 Å². The summed E-state index contributed by atoms with van der Waals surface area (Å²) < 4.78 is 57.5. The number of ether oxygens (including phenoxy) is 1. The van der Waals surface area contributed by atoms with E-state index in [1.54, 1.807) is 25.1 Å². The molecule has 1 amide bonds. The van der Waals surface area contributed by atoms with Crippen LogP contribution in [-0.2, 0) is 10.0 Å². The van der Waals surface area contributed by atoms with Crippen LogP contribution < -0.4 is 4.74 Å². The molecule has 0 saturated carbocycles. The van der Waals surface area contributed by atoms with Crippen molar-refractivity contribution in [1.82, 2.24) is 9.21 Å². The standard InChI is InChI=1S/C19H19BrF2N2O4S/c1-13-12-14(6-7-16(13)20)29(26,27)24-10-8-23(9-11-24)18(25)15-4-2-3-5-17(15)28-19(21)22/h2-7,12,19H,8-11H2,1H3.